The number of aromatic hydroxyl groups is 1. The molecule has 2 N–H and O–H groups in total. The molecule has 7 heteroatoms. The fourth-order valence-electron chi connectivity index (χ4n) is 3.15. The third kappa shape index (κ3) is 4.25. The Hall–Kier alpha value is -3.87. The molecule has 0 aliphatic heterocycles. The number of carbonyl (C=O) groups is 2. The lowest BCUT2D eigenvalue weighted by Crippen LogP contribution is -2.21. The standard InChI is InChI=1S/C23H21NO6/c1-3-24(4-2)17-8-5-14-11-16(23(29)30-21(14)13-17)7-10-19(25)18-9-6-15(22(27)28)12-20(18)26/h5-13,26H,3-4H2,1-2H3,(H,27,28)/b10-7+. The molecule has 0 aliphatic rings. The highest BCUT2D eigenvalue weighted by Gasteiger charge is 2.13. The van der Waals surface area contributed by atoms with Gasteiger partial charge in [-0.25, -0.2) is 9.59 Å². The molecule has 154 valence electrons. The van der Waals surface area contributed by atoms with E-state index in [2.05, 4.69) is 4.90 Å². The highest BCUT2D eigenvalue weighted by atomic mass is 16.4. The second-order valence-corrected chi connectivity index (χ2v) is 6.62. The predicted octanol–water partition coefficient (Wildman–Crippen LogP) is 3.94. The van der Waals surface area contributed by atoms with Gasteiger partial charge in [0.1, 0.15) is 11.3 Å². The van der Waals surface area contributed by atoms with Crippen LogP contribution in [-0.4, -0.2) is 35.1 Å². The number of phenolic OH excluding ortho intramolecular Hbond substituents is 1. The van der Waals surface area contributed by atoms with Gasteiger partial charge in [-0.1, -0.05) is 0 Å². The van der Waals surface area contributed by atoms with Crippen LogP contribution in [0.15, 0.2) is 57.8 Å². The van der Waals surface area contributed by atoms with Gasteiger partial charge in [-0.2, -0.15) is 0 Å². The number of carbonyl (C=O) groups excluding carboxylic acids is 1. The second kappa shape index (κ2) is 8.65. The first-order valence-electron chi connectivity index (χ1n) is 9.45. The number of anilines is 1. The minimum atomic E-state index is -1.21. The SMILES string of the molecule is CCN(CC)c1ccc2cc(/C=C/C(=O)c3ccc(C(=O)O)cc3O)c(=O)oc2c1. The van der Waals surface area contributed by atoms with Crippen LogP contribution in [0.25, 0.3) is 17.0 Å². The molecule has 0 unspecified atom stereocenters. The third-order valence-corrected chi connectivity index (χ3v) is 4.80. The molecular weight excluding hydrogens is 386 g/mol. The Balaban J connectivity index is 1.90. The average molecular weight is 407 g/mol. The van der Waals surface area contributed by atoms with E-state index in [1.807, 2.05) is 32.0 Å². The molecule has 0 amide bonds. The summed E-state index contributed by atoms with van der Waals surface area (Å²) in [6.07, 6.45) is 2.45. The zero-order valence-electron chi connectivity index (χ0n) is 16.6. The number of hydrogen-bond donors (Lipinski definition) is 2. The molecule has 1 aromatic heterocycles. The molecule has 0 bridgehead atoms. The van der Waals surface area contributed by atoms with Crippen molar-refractivity contribution in [2.24, 2.45) is 0 Å². The van der Waals surface area contributed by atoms with Crippen molar-refractivity contribution in [3.05, 3.63) is 75.7 Å². The molecule has 2 aromatic carbocycles. The summed E-state index contributed by atoms with van der Waals surface area (Å²) >= 11 is 0. The van der Waals surface area contributed by atoms with E-state index >= 15 is 0 Å². The molecule has 0 aliphatic carbocycles. The van der Waals surface area contributed by atoms with Gasteiger partial charge in [0, 0.05) is 30.2 Å². The van der Waals surface area contributed by atoms with E-state index in [4.69, 9.17) is 9.52 Å². The van der Waals surface area contributed by atoms with Gasteiger partial charge in [0.15, 0.2) is 5.78 Å². The van der Waals surface area contributed by atoms with E-state index in [1.54, 1.807) is 6.07 Å². The summed E-state index contributed by atoms with van der Waals surface area (Å²) in [5.41, 5.74) is 0.809. The summed E-state index contributed by atoms with van der Waals surface area (Å²) in [7, 11) is 0. The van der Waals surface area contributed by atoms with Gasteiger partial charge in [-0.05, 0) is 62.4 Å². The number of phenols is 1. The number of benzene rings is 2. The minimum absolute atomic E-state index is 0.0645. The molecule has 3 rings (SSSR count). The van der Waals surface area contributed by atoms with Crippen LogP contribution < -0.4 is 10.5 Å². The lowest BCUT2D eigenvalue weighted by Gasteiger charge is -2.20. The molecule has 30 heavy (non-hydrogen) atoms. The van der Waals surface area contributed by atoms with E-state index in [0.29, 0.717) is 11.0 Å². The smallest absolute Gasteiger partial charge is 0.343 e. The average Bonchev–Trinajstić information content (AvgIpc) is 2.72. The van der Waals surface area contributed by atoms with E-state index in [0.717, 1.165) is 30.9 Å². The molecular formula is C23H21NO6. The quantitative estimate of drug-likeness (QED) is 0.347. The number of allylic oxidation sites excluding steroid dienone is 1. The third-order valence-electron chi connectivity index (χ3n) is 4.80. The Morgan fingerprint density at radius 1 is 1.07 bits per heavy atom. The van der Waals surface area contributed by atoms with Crippen LogP contribution >= 0.6 is 0 Å². The van der Waals surface area contributed by atoms with Crippen LogP contribution in [0, 0.1) is 0 Å². The van der Waals surface area contributed by atoms with Crippen molar-refractivity contribution in [1.29, 1.82) is 0 Å². The minimum Gasteiger partial charge on any atom is -0.507 e. The van der Waals surface area contributed by atoms with Crippen molar-refractivity contribution in [1.82, 2.24) is 0 Å². The normalized spacial score (nSPS) is 11.1. The van der Waals surface area contributed by atoms with Crippen LogP contribution in [0.3, 0.4) is 0 Å². The zero-order valence-corrected chi connectivity index (χ0v) is 16.6. The number of rotatable bonds is 7. The largest absolute Gasteiger partial charge is 0.507 e. The maximum absolute atomic E-state index is 12.3. The van der Waals surface area contributed by atoms with Gasteiger partial charge in [-0.3, -0.25) is 4.79 Å². The monoisotopic (exact) mass is 407 g/mol. The van der Waals surface area contributed by atoms with E-state index in [9.17, 15) is 19.5 Å². The first kappa shape index (κ1) is 20.9. The van der Waals surface area contributed by atoms with Gasteiger partial charge >= 0.3 is 11.6 Å². The summed E-state index contributed by atoms with van der Waals surface area (Å²) in [4.78, 5) is 37.7. The molecule has 0 radical (unpaired) electrons. The Labute approximate surface area is 172 Å². The van der Waals surface area contributed by atoms with E-state index < -0.39 is 23.1 Å². The van der Waals surface area contributed by atoms with Crippen molar-refractivity contribution < 1.29 is 24.2 Å². The van der Waals surface area contributed by atoms with Gasteiger partial charge in [0.2, 0.25) is 0 Å². The summed E-state index contributed by atoms with van der Waals surface area (Å²) in [6.45, 7) is 5.74. The van der Waals surface area contributed by atoms with E-state index in [1.165, 1.54) is 18.2 Å². The number of fused-ring (bicyclic) bond motifs is 1. The van der Waals surface area contributed by atoms with Crippen molar-refractivity contribution >= 4 is 34.5 Å². The van der Waals surface area contributed by atoms with Gasteiger partial charge in [0.25, 0.3) is 0 Å². The molecule has 0 saturated heterocycles. The molecule has 0 spiro atoms. The first-order chi connectivity index (χ1) is 14.3. The Morgan fingerprint density at radius 3 is 2.43 bits per heavy atom. The zero-order chi connectivity index (χ0) is 21.8. The summed E-state index contributed by atoms with van der Waals surface area (Å²) in [5.74, 6) is -2.22. The number of ketones is 1. The molecule has 3 aromatic rings. The van der Waals surface area contributed by atoms with Crippen molar-refractivity contribution in [2.45, 2.75) is 13.8 Å². The van der Waals surface area contributed by atoms with E-state index in [-0.39, 0.29) is 16.7 Å². The van der Waals surface area contributed by atoms with Crippen LogP contribution in [0.5, 0.6) is 5.75 Å². The number of nitrogens with zero attached hydrogens (tertiary/aromatic N) is 1. The fraction of sp³-hybridized carbons (Fsp3) is 0.174. The van der Waals surface area contributed by atoms with Crippen molar-refractivity contribution in [3.63, 3.8) is 0 Å². The lowest BCUT2D eigenvalue weighted by atomic mass is 10.1. The fourth-order valence-corrected chi connectivity index (χ4v) is 3.15. The number of carboxylic acids is 1. The van der Waals surface area contributed by atoms with Crippen LogP contribution in [0.1, 0.15) is 40.1 Å². The first-order valence-corrected chi connectivity index (χ1v) is 9.45. The summed E-state index contributed by atoms with van der Waals surface area (Å²) in [6, 6.07) is 10.7. The van der Waals surface area contributed by atoms with Crippen LogP contribution in [0.4, 0.5) is 5.69 Å². The number of hydrogen-bond acceptors (Lipinski definition) is 6. The summed E-state index contributed by atoms with van der Waals surface area (Å²) < 4.78 is 5.42. The second-order valence-electron chi connectivity index (χ2n) is 6.62. The Morgan fingerprint density at radius 2 is 1.80 bits per heavy atom. The molecule has 0 fully saturated rings. The highest BCUT2D eigenvalue weighted by molar-refractivity contribution is 6.09. The Bertz CT molecular complexity index is 1200. The topological polar surface area (TPSA) is 108 Å². The van der Waals surface area contributed by atoms with Crippen LogP contribution in [0.2, 0.25) is 0 Å². The molecule has 0 saturated carbocycles. The molecule has 0 atom stereocenters. The number of aromatic carboxylic acids is 1. The van der Waals surface area contributed by atoms with Gasteiger partial charge in [-0.15, -0.1) is 0 Å². The van der Waals surface area contributed by atoms with Crippen molar-refractivity contribution in [2.75, 3.05) is 18.0 Å². The predicted molar refractivity (Wildman–Crippen MR) is 114 cm³/mol. The molecule has 1 heterocycles. The summed E-state index contributed by atoms with van der Waals surface area (Å²) in [5, 5.41) is 19.6. The maximum atomic E-state index is 12.3. The van der Waals surface area contributed by atoms with Gasteiger partial charge in [0.05, 0.1) is 16.7 Å². The Kier molecular flexibility index (Phi) is 6.01. The van der Waals surface area contributed by atoms with Gasteiger partial charge < -0.3 is 19.5 Å². The lowest BCUT2D eigenvalue weighted by molar-refractivity contribution is 0.0696. The van der Waals surface area contributed by atoms with Crippen LogP contribution in [-0.2, 0) is 0 Å². The molecule has 7 nitrogen and oxygen atoms in total. The number of carboxylic acid groups (broad SMARTS) is 1. The maximum Gasteiger partial charge on any atom is 0.343 e. The highest BCUT2D eigenvalue weighted by Crippen LogP contribution is 2.23. The van der Waals surface area contributed by atoms with Crippen molar-refractivity contribution in [3.8, 4) is 5.75 Å².